The van der Waals surface area contributed by atoms with Gasteiger partial charge in [0.25, 0.3) is 0 Å². The second-order valence-corrected chi connectivity index (χ2v) is 5.59. The molecule has 0 aromatic heterocycles. The third-order valence-corrected chi connectivity index (χ3v) is 4.31. The van der Waals surface area contributed by atoms with Crippen LogP contribution in [0.1, 0.15) is 25.0 Å². The third kappa shape index (κ3) is 3.07. The van der Waals surface area contributed by atoms with Crippen molar-refractivity contribution in [2.75, 3.05) is 0 Å². The van der Waals surface area contributed by atoms with Crippen molar-refractivity contribution in [1.82, 2.24) is 0 Å². The molecule has 0 N–H and O–H groups in total. The average molecular weight is 314 g/mol. The molecular formula is C16H14F4S. The molecule has 2 aromatic carbocycles. The first-order valence-electron chi connectivity index (χ1n) is 6.61. The highest BCUT2D eigenvalue weighted by Crippen LogP contribution is 2.34. The lowest BCUT2D eigenvalue weighted by Crippen LogP contribution is -1.97. The van der Waals surface area contributed by atoms with Crippen LogP contribution in [-0.4, -0.2) is 0 Å². The highest BCUT2D eigenvalue weighted by molar-refractivity contribution is 7.99. The lowest BCUT2D eigenvalue weighted by atomic mass is 10.1. The molecule has 0 saturated carbocycles. The Morgan fingerprint density at radius 3 is 1.38 bits per heavy atom. The Bertz CT molecular complexity index is 610. The molecule has 112 valence electrons. The maximum atomic E-state index is 13.9. The van der Waals surface area contributed by atoms with Crippen LogP contribution in [-0.2, 0) is 12.8 Å². The minimum absolute atomic E-state index is 0.0627. The summed E-state index contributed by atoms with van der Waals surface area (Å²) in [6.07, 6.45) is 0.726. The van der Waals surface area contributed by atoms with Gasteiger partial charge in [-0.3, -0.25) is 0 Å². The predicted molar refractivity (Wildman–Crippen MR) is 75.6 cm³/mol. The molecule has 0 aliphatic rings. The van der Waals surface area contributed by atoms with Gasteiger partial charge < -0.3 is 0 Å². The minimum atomic E-state index is -1.03. The molecule has 0 bridgehead atoms. The standard InChI is InChI=1S/C16H14F4S/c1-3-9-5-7-11(15(19)13(9)17)21-12-8-6-10(4-2)14(18)16(12)20/h5-8H,3-4H2,1-2H3. The van der Waals surface area contributed by atoms with E-state index in [4.69, 9.17) is 0 Å². The van der Waals surface area contributed by atoms with Crippen molar-refractivity contribution in [3.05, 3.63) is 58.7 Å². The molecule has 0 nitrogen and oxygen atoms in total. The smallest absolute Gasteiger partial charge is 0.172 e. The Labute approximate surface area is 125 Å². The first kappa shape index (κ1) is 15.9. The summed E-state index contributed by atoms with van der Waals surface area (Å²) >= 11 is 0.678. The van der Waals surface area contributed by atoms with Gasteiger partial charge in [0.15, 0.2) is 23.3 Å². The van der Waals surface area contributed by atoms with E-state index < -0.39 is 23.3 Å². The monoisotopic (exact) mass is 314 g/mol. The maximum Gasteiger partial charge on any atom is 0.172 e. The molecule has 0 fully saturated rings. The largest absolute Gasteiger partial charge is 0.203 e. The van der Waals surface area contributed by atoms with Gasteiger partial charge in [0.05, 0.1) is 9.79 Å². The van der Waals surface area contributed by atoms with Crippen LogP contribution in [0.4, 0.5) is 17.6 Å². The van der Waals surface area contributed by atoms with Crippen molar-refractivity contribution in [3.8, 4) is 0 Å². The number of hydrogen-bond donors (Lipinski definition) is 0. The van der Waals surface area contributed by atoms with Gasteiger partial charge in [-0.15, -0.1) is 0 Å². The fraction of sp³-hybridized carbons (Fsp3) is 0.250. The fourth-order valence-electron chi connectivity index (χ4n) is 1.97. The van der Waals surface area contributed by atoms with Gasteiger partial charge in [-0.1, -0.05) is 37.7 Å². The summed E-state index contributed by atoms with van der Waals surface area (Å²) in [5, 5.41) is 0. The van der Waals surface area contributed by atoms with Gasteiger partial charge in [-0.2, -0.15) is 0 Å². The number of halogens is 4. The molecule has 0 aliphatic carbocycles. The summed E-state index contributed by atoms with van der Waals surface area (Å²) in [5.41, 5.74) is 0.509. The Hall–Kier alpha value is -1.49. The summed E-state index contributed by atoms with van der Waals surface area (Å²) in [7, 11) is 0. The molecule has 2 rings (SSSR count). The zero-order chi connectivity index (χ0) is 15.6. The van der Waals surface area contributed by atoms with Gasteiger partial charge >= 0.3 is 0 Å². The predicted octanol–water partition coefficient (Wildman–Crippen LogP) is 5.52. The van der Waals surface area contributed by atoms with E-state index in [-0.39, 0.29) is 20.9 Å². The van der Waals surface area contributed by atoms with Crippen LogP contribution in [0.5, 0.6) is 0 Å². The second kappa shape index (κ2) is 6.52. The van der Waals surface area contributed by atoms with Crippen LogP contribution in [0.3, 0.4) is 0 Å². The molecule has 0 heterocycles. The number of aryl methyl sites for hydroxylation is 2. The zero-order valence-corrected chi connectivity index (χ0v) is 12.5. The van der Waals surface area contributed by atoms with E-state index in [1.807, 2.05) is 0 Å². The Morgan fingerprint density at radius 1 is 0.667 bits per heavy atom. The van der Waals surface area contributed by atoms with Crippen molar-refractivity contribution in [2.45, 2.75) is 36.5 Å². The molecule has 0 saturated heterocycles. The molecule has 0 aliphatic heterocycles. The van der Waals surface area contributed by atoms with Crippen LogP contribution in [0, 0.1) is 23.3 Å². The van der Waals surface area contributed by atoms with E-state index >= 15 is 0 Å². The van der Waals surface area contributed by atoms with E-state index in [0.717, 1.165) is 0 Å². The fourth-order valence-corrected chi connectivity index (χ4v) is 2.83. The molecule has 0 atom stereocenters. The summed E-state index contributed by atoms with van der Waals surface area (Å²) in [5.74, 6) is -3.93. The number of rotatable bonds is 4. The normalized spacial score (nSPS) is 11.0. The molecule has 2 aromatic rings. The summed E-state index contributed by atoms with van der Waals surface area (Å²) in [6.45, 7) is 3.42. The van der Waals surface area contributed by atoms with Crippen LogP contribution in [0.2, 0.25) is 0 Å². The number of hydrogen-bond acceptors (Lipinski definition) is 1. The molecule has 0 spiro atoms. The van der Waals surface area contributed by atoms with Gasteiger partial charge in [0.1, 0.15) is 0 Å². The van der Waals surface area contributed by atoms with E-state index in [1.54, 1.807) is 13.8 Å². The van der Waals surface area contributed by atoms with E-state index in [9.17, 15) is 17.6 Å². The molecular weight excluding hydrogens is 300 g/mol. The quantitative estimate of drug-likeness (QED) is 0.670. The topological polar surface area (TPSA) is 0 Å². The first-order valence-corrected chi connectivity index (χ1v) is 7.42. The molecule has 0 radical (unpaired) electrons. The Kier molecular flexibility index (Phi) is 4.93. The van der Waals surface area contributed by atoms with Gasteiger partial charge in [0.2, 0.25) is 0 Å². The van der Waals surface area contributed by atoms with Gasteiger partial charge in [-0.05, 0) is 36.1 Å². The molecule has 0 unspecified atom stereocenters. The second-order valence-electron chi connectivity index (χ2n) is 4.51. The lowest BCUT2D eigenvalue weighted by Gasteiger charge is -2.09. The van der Waals surface area contributed by atoms with E-state index in [0.29, 0.717) is 24.6 Å². The molecule has 5 heteroatoms. The zero-order valence-electron chi connectivity index (χ0n) is 11.6. The van der Waals surface area contributed by atoms with Crippen molar-refractivity contribution < 1.29 is 17.6 Å². The molecule has 0 amide bonds. The van der Waals surface area contributed by atoms with Crippen LogP contribution < -0.4 is 0 Å². The van der Waals surface area contributed by atoms with Crippen molar-refractivity contribution in [3.63, 3.8) is 0 Å². The molecule has 21 heavy (non-hydrogen) atoms. The lowest BCUT2D eigenvalue weighted by molar-refractivity contribution is 0.479. The van der Waals surface area contributed by atoms with Crippen LogP contribution in [0.25, 0.3) is 0 Å². The SMILES string of the molecule is CCc1ccc(Sc2ccc(CC)c(F)c2F)c(F)c1F. The van der Waals surface area contributed by atoms with Crippen molar-refractivity contribution >= 4 is 11.8 Å². The van der Waals surface area contributed by atoms with Crippen LogP contribution in [0.15, 0.2) is 34.1 Å². The van der Waals surface area contributed by atoms with E-state index in [2.05, 4.69) is 0 Å². The van der Waals surface area contributed by atoms with Crippen LogP contribution >= 0.6 is 11.8 Å². The summed E-state index contributed by atoms with van der Waals surface area (Å²) < 4.78 is 55.2. The van der Waals surface area contributed by atoms with Gasteiger partial charge in [0, 0.05) is 0 Å². The van der Waals surface area contributed by atoms with E-state index in [1.165, 1.54) is 24.3 Å². The maximum absolute atomic E-state index is 13.9. The van der Waals surface area contributed by atoms with Crippen molar-refractivity contribution in [1.29, 1.82) is 0 Å². The first-order chi connectivity index (χ1) is 9.99. The van der Waals surface area contributed by atoms with Crippen molar-refractivity contribution in [2.24, 2.45) is 0 Å². The third-order valence-electron chi connectivity index (χ3n) is 3.24. The average Bonchev–Trinajstić information content (AvgIpc) is 2.49. The Morgan fingerprint density at radius 2 is 1.05 bits per heavy atom. The highest BCUT2D eigenvalue weighted by Gasteiger charge is 2.17. The number of benzene rings is 2. The van der Waals surface area contributed by atoms with Gasteiger partial charge in [-0.25, -0.2) is 17.6 Å². The highest BCUT2D eigenvalue weighted by atomic mass is 32.2. The summed E-state index contributed by atoms with van der Waals surface area (Å²) in [4.78, 5) is -0.125. The summed E-state index contributed by atoms with van der Waals surface area (Å²) in [6, 6.07) is 5.67. The minimum Gasteiger partial charge on any atom is -0.203 e. The Balaban J connectivity index is 2.39.